The van der Waals surface area contributed by atoms with Crippen LogP contribution in [0.1, 0.15) is 29.8 Å². The molecule has 0 aliphatic carbocycles. The van der Waals surface area contributed by atoms with Gasteiger partial charge >= 0.3 is 0 Å². The van der Waals surface area contributed by atoms with Crippen LogP contribution in [0.5, 0.6) is 5.75 Å². The molecule has 0 N–H and O–H groups in total. The summed E-state index contributed by atoms with van der Waals surface area (Å²) >= 11 is 4.41. The van der Waals surface area contributed by atoms with Gasteiger partial charge < -0.3 is 4.74 Å². The second kappa shape index (κ2) is 8.62. The Balaban J connectivity index is 2.39. The Morgan fingerprint density at radius 2 is 1.75 bits per heavy atom. The fourth-order valence-corrected chi connectivity index (χ4v) is 4.14. The quantitative estimate of drug-likeness (QED) is 0.218. The average molecular weight is 543 g/mol. The number of hydrogen-bond donors (Lipinski definition) is 0. The van der Waals surface area contributed by atoms with Crippen LogP contribution in [0.25, 0.3) is 6.08 Å². The minimum absolute atomic E-state index is 0.0859. The highest BCUT2D eigenvalue weighted by atomic mass is 127. The number of rotatable bonds is 5. The van der Waals surface area contributed by atoms with Gasteiger partial charge in [-0.3, -0.25) is 4.79 Å². The van der Waals surface area contributed by atoms with Gasteiger partial charge in [-0.25, -0.2) is 0 Å². The number of ketones is 1. The van der Waals surface area contributed by atoms with E-state index in [4.69, 9.17) is 4.74 Å². The molecule has 122 valence electrons. The molecule has 0 aliphatic heterocycles. The van der Waals surface area contributed by atoms with Gasteiger partial charge in [-0.2, -0.15) is 5.26 Å². The predicted octanol–water partition coefficient (Wildman–Crippen LogP) is 5.47. The molecule has 0 saturated heterocycles. The summed E-state index contributed by atoms with van der Waals surface area (Å²) in [5.74, 6) is 0.557. The van der Waals surface area contributed by atoms with Crippen LogP contribution in [0, 0.1) is 18.5 Å². The van der Waals surface area contributed by atoms with Crippen LogP contribution < -0.4 is 4.74 Å². The summed E-state index contributed by atoms with van der Waals surface area (Å²) in [4.78, 5) is 12.4. The molecule has 0 aromatic heterocycles. The SMILES string of the molecule is CC(C)Oc1c(I)cc(/C=C(\C#N)C(=O)c2ccccc2)cc1I. The van der Waals surface area contributed by atoms with E-state index in [0.717, 1.165) is 18.5 Å². The lowest BCUT2D eigenvalue weighted by Gasteiger charge is -2.14. The highest BCUT2D eigenvalue weighted by molar-refractivity contribution is 14.1. The number of halogens is 2. The molecule has 5 heteroatoms. The fraction of sp³-hybridized carbons (Fsp3) is 0.158. The standard InChI is InChI=1S/C19H15I2NO2/c1-12(2)24-19-16(20)9-13(10-17(19)21)8-15(11-22)18(23)14-6-4-3-5-7-14/h3-10,12H,1-2H3/b15-8+. The Morgan fingerprint density at radius 1 is 1.17 bits per heavy atom. The van der Waals surface area contributed by atoms with Crippen molar-refractivity contribution in [2.24, 2.45) is 0 Å². The highest BCUT2D eigenvalue weighted by Gasteiger charge is 2.14. The lowest BCUT2D eigenvalue weighted by Crippen LogP contribution is -2.08. The van der Waals surface area contributed by atoms with Crippen molar-refractivity contribution in [3.8, 4) is 11.8 Å². The Bertz CT molecular complexity index is 798. The summed E-state index contributed by atoms with van der Waals surface area (Å²) in [5.41, 5.74) is 1.43. The largest absolute Gasteiger partial charge is 0.489 e. The van der Waals surface area contributed by atoms with Crippen LogP contribution in [0.3, 0.4) is 0 Å². The summed E-state index contributed by atoms with van der Waals surface area (Å²) in [6.07, 6.45) is 1.71. The van der Waals surface area contributed by atoms with E-state index in [1.54, 1.807) is 30.3 Å². The number of ether oxygens (including phenoxy) is 1. The summed E-state index contributed by atoms with van der Waals surface area (Å²) < 4.78 is 7.71. The van der Waals surface area contributed by atoms with Gasteiger partial charge in [0.15, 0.2) is 0 Å². The molecule has 0 amide bonds. The van der Waals surface area contributed by atoms with Gasteiger partial charge in [-0.05, 0) is 82.8 Å². The maximum absolute atomic E-state index is 12.4. The zero-order valence-corrected chi connectivity index (χ0v) is 17.5. The van der Waals surface area contributed by atoms with Crippen LogP contribution in [0.2, 0.25) is 0 Å². The number of Topliss-reactive ketones (excluding diaryl/α,β-unsaturated/α-hetero) is 1. The normalized spacial score (nSPS) is 11.2. The average Bonchev–Trinajstić information content (AvgIpc) is 2.56. The minimum atomic E-state index is -0.273. The van der Waals surface area contributed by atoms with Crippen molar-refractivity contribution >= 4 is 57.0 Å². The van der Waals surface area contributed by atoms with E-state index in [1.165, 1.54) is 0 Å². The molecule has 2 aromatic carbocycles. The van der Waals surface area contributed by atoms with Crippen molar-refractivity contribution in [1.82, 2.24) is 0 Å². The third-order valence-corrected chi connectivity index (χ3v) is 4.69. The van der Waals surface area contributed by atoms with Gasteiger partial charge in [0.2, 0.25) is 5.78 Å². The maximum atomic E-state index is 12.4. The first-order valence-corrected chi connectivity index (χ1v) is 9.45. The molecule has 0 saturated carbocycles. The molecule has 2 aromatic rings. The van der Waals surface area contributed by atoms with E-state index in [9.17, 15) is 10.1 Å². The zero-order valence-electron chi connectivity index (χ0n) is 13.2. The van der Waals surface area contributed by atoms with E-state index < -0.39 is 0 Å². The van der Waals surface area contributed by atoms with Crippen molar-refractivity contribution in [3.63, 3.8) is 0 Å². The van der Waals surface area contributed by atoms with E-state index >= 15 is 0 Å². The third-order valence-electron chi connectivity index (χ3n) is 3.09. The molecule has 0 aliphatic rings. The Kier molecular flexibility index (Phi) is 6.80. The molecule has 0 radical (unpaired) electrons. The van der Waals surface area contributed by atoms with Gasteiger partial charge in [0.1, 0.15) is 17.4 Å². The number of benzene rings is 2. The Labute approximate surface area is 169 Å². The number of allylic oxidation sites excluding steroid dienone is 1. The molecule has 0 unspecified atom stereocenters. The molecule has 0 fully saturated rings. The van der Waals surface area contributed by atoms with E-state index in [-0.39, 0.29) is 17.5 Å². The second-order valence-corrected chi connectivity index (χ2v) is 7.67. The molecular formula is C19H15I2NO2. The Hall–Kier alpha value is -1.40. The van der Waals surface area contributed by atoms with Gasteiger partial charge in [0.05, 0.1) is 13.2 Å². The van der Waals surface area contributed by atoms with Crippen LogP contribution in [-0.4, -0.2) is 11.9 Å². The van der Waals surface area contributed by atoms with Crippen molar-refractivity contribution in [3.05, 3.63) is 66.3 Å². The van der Waals surface area contributed by atoms with E-state index in [0.29, 0.717) is 5.56 Å². The summed E-state index contributed by atoms with van der Waals surface area (Å²) in [5, 5.41) is 9.36. The number of carbonyl (C=O) groups excluding carboxylic acids is 1. The molecule has 0 bridgehead atoms. The van der Waals surface area contributed by atoms with Crippen LogP contribution >= 0.6 is 45.2 Å². The van der Waals surface area contributed by atoms with Gasteiger partial charge in [0, 0.05) is 5.56 Å². The van der Waals surface area contributed by atoms with Crippen LogP contribution in [-0.2, 0) is 0 Å². The molecular weight excluding hydrogens is 528 g/mol. The molecule has 2 rings (SSSR count). The van der Waals surface area contributed by atoms with E-state index in [2.05, 4.69) is 45.2 Å². The minimum Gasteiger partial charge on any atom is -0.489 e. The number of hydrogen-bond acceptors (Lipinski definition) is 3. The fourth-order valence-electron chi connectivity index (χ4n) is 2.07. The Morgan fingerprint density at radius 3 is 2.25 bits per heavy atom. The molecule has 0 atom stereocenters. The lowest BCUT2D eigenvalue weighted by molar-refractivity contribution is 0.104. The molecule has 24 heavy (non-hydrogen) atoms. The molecule has 0 spiro atoms. The van der Waals surface area contributed by atoms with Gasteiger partial charge in [-0.1, -0.05) is 30.3 Å². The number of nitrogens with zero attached hydrogens (tertiary/aromatic N) is 1. The first-order chi connectivity index (χ1) is 11.4. The van der Waals surface area contributed by atoms with Crippen molar-refractivity contribution in [1.29, 1.82) is 5.26 Å². The summed E-state index contributed by atoms with van der Waals surface area (Å²) in [6.45, 7) is 3.96. The smallest absolute Gasteiger partial charge is 0.203 e. The summed E-state index contributed by atoms with van der Waals surface area (Å²) in [7, 11) is 0. The predicted molar refractivity (Wildman–Crippen MR) is 112 cm³/mol. The molecule has 3 nitrogen and oxygen atoms in total. The van der Waals surface area contributed by atoms with Crippen LogP contribution in [0.4, 0.5) is 0 Å². The third kappa shape index (κ3) is 4.80. The monoisotopic (exact) mass is 543 g/mol. The maximum Gasteiger partial charge on any atom is 0.203 e. The second-order valence-electron chi connectivity index (χ2n) is 5.35. The van der Waals surface area contributed by atoms with Crippen molar-refractivity contribution in [2.45, 2.75) is 20.0 Å². The van der Waals surface area contributed by atoms with E-state index in [1.807, 2.05) is 38.1 Å². The lowest BCUT2D eigenvalue weighted by atomic mass is 10.0. The zero-order chi connectivity index (χ0) is 17.7. The molecule has 0 heterocycles. The van der Waals surface area contributed by atoms with Crippen molar-refractivity contribution in [2.75, 3.05) is 0 Å². The summed E-state index contributed by atoms with van der Waals surface area (Å²) in [6, 6.07) is 14.7. The van der Waals surface area contributed by atoms with Crippen LogP contribution in [0.15, 0.2) is 48.0 Å². The van der Waals surface area contributed by atoms with Crippen molar-refractivity contribution < 1.29 is 9.53 Å². The number of carbonyl (C=O) groups is 1. The first-order valence-electron chi connectivity index (χ1n) is 7.29. The topological polar surface area (TPSA) is 50.1 Å². The highest BCUT2D eigenvalue weighted by Crippen LogP contribution is 2.30. The van der Waals surface area contributed by atoms with Gasteiger partial charge in [-0.15, -0.1) is 0 Å². The van der Waals surface area contributed by atoms with Gasteiger partial charge in [0.25, 0.3) is 0 Å². The number of nitriles is 1. The first kappa shape index (κ1) is 18.9.